The van der Waals surface area contributed by atoms with E-state index in [4.69, 9.17) is 10.5 Å². The van der Waals surface area contributed by atoms with Gasteiger partial charge in [-0.25, -0.2) is 0 Å². The maximum atomic E-state index is 10.5. The molecule has 0 aromatic carbocycles. The van der Waals surface area contributed by atoms with Gasteiger partial charge in [-0.1, -0.05) is 0 Å². The molecule has 1 atom stereocenters. The SMILES string of the molecule is CCOCC(NC)C(N)=O. The highest BCUT2D eigenvalue weighted by molar-refractivity contribution is 5.79. The minimum atomic E-state index is -0.379. The molecular weight excluding hydrogens is 132 g/mol. The number of nitrogens with two attached hydrogens (primary N) is 1. The van der Waals surface area contributed by atoms with E-state index in [0.717, 1.165) is 0 Å². The number of primary amides is 1. The first kappa shape index (κ1) is 9.39. The summed E-state index contributed by atoms with van der Waals surface area (Å²) >= 11 is 0. The van der Waals surface area contributed by atoms with Gasteiger partial charge in [0.25, 0.3) is 0 Å². The first-order chi connectivity index (χ1) is 4.72. The number of nitrogens with one attached hydrogen (secondary N) is 1. The van der Waals surface area contributed by atoms with Gasteiger partial charge in [-0.3, -0.25) is 4.79 Å². The smallest absolute Gasteiger partial charge is 0.236 e. The van der Waals surface area contributed by atoms with Gasteiger partial charge in [-0.2, -0.15) is 0 Å². The van der Waals surface area contributed by atoms with Crippen molar-refractivity contribution in [2.75, 3.05) is 20.3 Å². The summed E-state index contributed by atoms with van der Waals surface area (Å²) in [5, 5.41) is 2.74. The molecule has 0 aromatic rings. The molecular formula is C6H14N2O2. The van der Waals surface area contributed by atoms with Crippen LogP contribution in [0.15, 0.2) is 0 Å². The van der Waals surface area contributed by atoms with E-state index in [1.54, 1.807) is 7.05 Å². The zero-order valence-corrected chi connectivity index (χ0v) is 6.39. The Morgan fingerprint density at radius 3 is 2.70 bits per heavy atom. The van der Waals surface area contributed by atoms with E-state index in [0.29, 0.717) is 13.2 Å². The molecule has 0 aliphatic carbocycles. The predicted molar refractivity (Wildman–Crippen MR) is 38.5 cm³/mol. The fourth-order valence-corrected chi connectivity index (χ4v) is 0.543. The normalized spacial score (nSPS) is 13.0. The molecule has 0 radical (unpaired) electrons. The molecule has 0 aliphatic heterocycles. The number of carbonyl (C=O) groups is 1. The molecule has 0 heterocycles. The third-order valence-electron chi connectivity index (χ3n) is 1.18. The Kier molecular flexibility index (Phi) is 4.88. The van der Waals surface area contributed by atoms with Crippen LogP contribution in [-0.2, 0) is 9.53 Å². The van der Waals surface area contributed by atoms with Crippen molar-refractivity contribution < 1.29 is 9.53 Å². The van der Waals surface area contributed by atoms with Crippen molar-refractivity contribution >= 4 is 5.91 Å². The third-order valence-corrected chi connectivity index (χ3v) is 1.18. The Labute approximate surface area is 60.7 Å². The summed E-state index contributed by atoms with van der Waals surface area (Å²) in [5.41, 5.74) is 5.01. The second kappa shape index (κ2) is 5.20. The number of hydrogen-bond donors (Lipinski definition) is 2. The molecule has 0 spiro atoms. The molecule has 4 nitrogen and oxygen atoms in total. The molecule has 0 saturated carbocycles. The van der Waals surface area contributed by atoms with Crippen molar-refractivity contribution in [1.82, 2.24) is 5.32 Å². The summed E-state index contributed by atoms with van der Waals surface area (Å²) in [6.07, 6.45) is 0. The molecule has 3 N–H and O–H groups in total. The lowest BCUT2D eigenvalue weighted by molar-refractivity contribution is -0.121. The van der Waals surface area contributed by atoms with E-state index in [1.807, 2.05) is 6.92 Å². The largest absolute Gasteiger partial charge is 0.380 e. The number of rotatable bonds is 5. The van der Waals surface area contributed by atoms with Gasteiger partial charge in [-0.15, -0.1) is 0 Å². The Morgan fingerprint density at radius 1 is 1.80 bits per heavy atom. The lowest BCUT2D eigenvalue weighted by Gasteiger charge is -2.10. The van der Waals surface area contributed by atoms with E-state index in [2.05, 4.69) is 5.32 Å². The molecule has 10 heavy (non-hydrogen) atoms. The second-order valence-corrected chi connectivity index (χ2v) is 1.90. The maximum absolute atomic E-state index is 10.5. The van der Waals surface area contributed by atoms with Crippen LogP contribution in [0.2, 0.25) is 0 Å². The summed E-state index contributed by atoms with van der Waals surface area (Å²) in [6.45, 7) is 2.82. The van der Waals surface area contributed by atoms with Gasteiger partial charge in [0.15, 0.2) is 0 Å². The van der Waals surface area contributed by atoms with Gasteiger partial charge in [0, 0.05) is 6.61 Å². The number of ether oxygens (including phenoxy) is 1. The van der Waals surface area contributed by atoms with Crippen molar-refractivity contribution in [2.24, 2.45) is 5.73 Å². The van der Waals surface area contributed by atoms with Crippen molar-refractivity contribution in [3.63, 3.8) is 0 Å². The fourth-order valence-electron chi connectivity index (χ4n) is 0.543. The van der Waals surface area contributed by atoms with Crippen LogP contribution in [0.1, 0.15) is 6.92 Å². The Bertz CT molecular complexity index is 106. The van der Waals surface area contributed by atoms with Crippen LogP contribution in [0.3, 0.4) is 0 Å². The highest BCUT2D eigenvalue weighted by Gasteiger charge is 2.10. The maximum Gasteiger partial charge on any atom is 0.236 e. The quantitative estimate of drug-likeness (QED) is 0.528. The standard InChI is InChI=1S/C6H14N2O2/c1-3-10-4-5(8-2)6(7)9/h5,8H,3-4H2,1-2H3,(H2,7,9). The zero-order valence-electron chi connectivity index (χ0n) is 6.39. The van der Waals surface area contributed by atoms with Gasteiger partial charge in [0.05, 0.1) is 6.61 Å². The topological polar surface area (TPSA) is 64.3 Å². The van der Waals surface area contributed by atoms with Gasteiger partial charge in [-0.05, 0) is 14.0 Å². The summed E-state index contributed by atoms with van der Waals surface area (Å²) in [6, 6.07) is -0.361. The molecule has 0 aliphatic rings. The van der Waals surface area contributed by atoms with Crippen molar-refractivity contribution in [2.45, 2.75) is 13.0 Å². The monoisotopic (exact) mass is 146 g/mol. The van der Waals surface area contributed by atoms with E-state index in [1.165, 1.54) is 0 Å². The fraction of sp³-hybridized carbons (Fsp3) is 0.833. The van der Waals surface area contributed by atoms with E-state index in [9.17, 15) is 4.79 Å². The van der Waals surface area contributed by atoms with Crippen LogP contribution >= 0.6 is 0 Å². The molecule has 0 bridgehead atoms. The van der Waals surface area contributed by atoms with Gasteiger partial charge < -0.3 is 15.8 Å². The number of hydrogen-bond acceptors (Lipinski definition) is 3. The Hall–Kier alpha value is -0.610. The first-order valence-corrected chi connectivity index (χ1v) is 3.26. The molecule has 4 heteroatoms. The highest BCUT2D eigenvalue weighted by atomic mass is 16.5. The number of amides is 1. The molecule has 0 aromatic heterocycles. The minimum Gasteiger partial charge on any atom is -0.380 e. The first-order valence-electron chi connectivity index (χ1n) is 3.26. The van der Waals surface area contributed by atoms with Crippen LogP contribution in [0, 0.1) is 0 Å². The average molecular weight is 146 g/mol. The van der Waals surface area contributed by atoms with Gasteiger partial charge in [0.1, 0.15) is 6.04 Å². The minimum absolute atomic E-state index is 0.350. The number of carbonyl (C=O) groups excluding carboxylic acids is 1. The predicted octanol–water partition coefficient (Wildman–Crippen LogP) is -0.904. The summed E-state index contributed by atoms with van der Waals surface area (Å²) in [7, 11) is 1.68. The van der Waals surface area contributed by atoms with Crippen molar-refractivity contribution in [3.8, 4) is 0 Å². The average Bonchev–Trinajstić information content (AvgIpc) is 1.89. The van der Waals surface area contributed by atoms with Gasteiger partial charge >= 0.3 is 0 Å². The molecule has 1 unspecified atom stereocenters. The van der Waals surface area contributed by atoms with Crippen molar-refractivity contribution in [1.29, 1.82) is 0 Å². The molecule has 1 amide bonds. The third kappa shape index (κ3) is 3.42. The van der Waals surface area contributed by atoms with Crippen LogP contribution < -0.4 is 11.1 Å². The molecule has 0 fully saturated rings. The van der Waals surface area contributed by atoms with Crippen LogP contribution in [0.25, 0.3) is 0 Å². The summed E-state index contributed by atoms with van der Waals surface area (Å²) in [5.74, 6) is -0.379. The lowest BCUT2D eigenvalue weighted by atomic mass is 10.3. The van der Waals surface area contributed by atoms with E-state index < -0.39 is 0 Å². The molecule has 0 saturated heterocycles. The van der Waals surface area contributed by atoms with Gasteiger partial charge in [0.2, 0.25) is 5.91 Å². The van der Waals surface area contributed by atoms with Crippen molar-refractivity contribution in [3.05, 3.63) is 0 Å². The van der Waals surface area contributed by atoms with Crippen LogP contribution in [0.4, 0.5) is 0 Å². The summed E-state index contributed by atoms with van der Waals surface area (Å²) in [4.78, 5) is 10.5. The van der Waals surface area contributed by atoms with E-state index in [-0.39, 0.29) is 11.9 Å². The van der Waals surface area contributed by atoms with Crippen LogP contribution in [-0.4, -0.2) is 32.2 Å². The zero-order chi connectivity index (χ0) is 7.98. The lowest BCUT2D eigenvalue weighted by Crippen LogP contribution is -2.42. The Balaban J connectivity index is 3.50. The molecule has 60 valence electrons. The van der Waals surface area contributed by atoms with Crippen LogP contribution in [0.5, 0.6) is 0 Å². The second-order valence-electron chi connectivity index (χ2n) is 1.90. The van der Waals surface area contributed by atoms with E-state index >= 15 is 0 Å². The molecule has 0 rings (SSSR count). The highest BCUT2D eigenvalue weighted by Crippen LogP contribution is 1.82. The summed E-state index contributed by atoms with van der Waals surface area (Å²) < 4.78 is 4.98. The Morgan fingerprint density at radius 2 is 2.40 bits per heavy atom. The number of likely N-dealkylation sites (N-methyl/N-ethyl adjacent to an activating group) is 1.